The van der Waals surface area contributed by atoms with Crippen molar-refractivity contribution in [3.63, 3.8) is 0 Å². The van der Waals surface area contributed by atoms with Gasteiger partial charge < -0.3 is 25.5 Å². The van der Waals surface area contributed by atoms with Crippen molar-refractivity contribution in [2.24, 2.45) is 0 Å². The lowest BCUT2D eigenvalue weighted by molar-refractivity contribution is -0.144. The summed E-state index contributed by atoms with van der Waals surface area (Å²) >= 11 is 0. The molecule has 12 heavy (non-hydrogen) atoms. The van der Waals surface area contributed by atoms with E-state index < -0.39 is 37.3 Å². The summed E-state index contributed by atoms with van der Waals surface area (Å²) in [5.74, 6) is -1.11. The van der Waals surface area contributed by atoms with Gasteiger partial charge in [0.2, 0.25) is 0 Å². The fourth-order valence-electron chi connectivity index (χ4n) is 0.577. The Morgan fingerprint density at radius 1 is 1.08 bits per heavy atom. The van der Waals surface area contributed by atoms with Gasteiger partial charge in [0.25, 0.3) is 0 Å². The first kappa shape index (κ1) is 11.5. The molecule has 6 nitrogen and oxygen atoms in total. The third-order valence-corrected chi connectivity index (χ3v) is 1.34. The van der Waals surface area contributed by atoms with Gasteiger partial charge in [0.05, 0.1) is 13.2 Å². The second kappa shape index (κ2) is 5.18. The topological polar surface area (TPSA) is 118 Å². The van der Waals surface area contributed by atoms with Crippen molar-refractivity contribution in [1.29, 1.82) is 0 Å². The fourth-order valence-corrected chi connectivity index (χ4v) is 0.577. The average Bonchev–Trinajstić information content (AvgIpc) is 2.12. The number of aliphatic hydroxyl groups excluding tert-OH is 5. The van der Waals surface area contributed by atoms with E-state index in [0.29, 0.717) is 0 Å². The van der Waals surface area contributed by atoms with E-state index in [1.165, 1.54) is 0 Å². The molecule has 0 aromatic rings. The minimum atomic E-state index is -1.86. The van der Waals surface area contributed by atoms with Gasteiger partial charge in [-0.15, -0.1) is 0 Å². The molecule has 5 N–H and O–H groups in total. The van der Waals surface area contributed by atoms with Crippen molar-refractivity contribution in [3.05, 3.63) is 0 Å². The molecule has 0 aliphatic rings. The van der Waals surface area contributed by atoms with E-state index in [9.17, 15) is 4.79 Å². The van der Waals surface area contributed by atoms with Crippen LogP contribution >= 0.6 is 0 Å². The molecule has 0 amide bonds. The largest absolute Gasteiger partial charge is 0.394 e. The van der Waals surface area contributed by atoms with E-state index in [2.05, 4.69) is 0 Å². The van der Waals surface area contributed by atoms with E-state index in [1.54, 1.807) is 0 Å². The minimum absolute atomic E-state index is 0.787. The van der Waals surface area contributed by atoms with Gasteiger partial charge in [-0.25, -0.2) is 0 Å². The van der Waals surface area contributed by atoms with Crippen LogP contribution in [0.1, 0.15) is 0 Å². The molecule has 0 saturated heterocycles. The summed E-state index contributed by atoms with van der Waals surface area (Å²) in [4.78, 5) is 10.7. The lowest BCUT2D eigenvalue weighted by Gasteiger charge is -2.16. The van der Waals surface area contributed by atoms with Gasteiger partial charge in [0.1, 0.15) is 18.3 Å². The first-order chi connectivity index (χ1) is 5.54. The summed E-state index contributed by atoms with van der Waals surface area (Å²) in [6, 6.07) is 0. The monoisotopic (exact) mass is 180 g/mol. The molecule has 0 radical (unpaired) electrons. The van der Waals surface area contributed by atoms with Crippen LogP contribution in [0.4, 0.5) is 0 Å². The Bertz CT molecular complexity index is 147. The quantitative estimate of drug-likeness (QED) is 0.301. The number of rotatable bonds is 5. The summed E-state index contributed by atoms with van der Waals surface area (Å²) in [6.07, 6.45) is -5.21. The van der Waals surface area contributed by atoms with Crippen molar-refractivity contribution in [3.8, 4) is 0 Å². The molecule has 0 fully saturated rings. The van der Waals surface area contributed by atoms with Crippen molar-refractivity contribution in [1.82, 2.24) is 0 Å². The molecule has 0 aliphatic carbocycles. The molecule has 0 spiro atoms. The van der Waals surface area contributed by atoms with E-state index >= 15 is 0 Å². The van der Waals surface area contributed by atoms with Crippen LogP contribution in [0.2, 0.25) is 0 Å². The standard InChI is InChI=1S/C6H12O6/c7-1-3(9)5(11)6(12)4(10)2-8/h3-5,7-11H,1-2H2/t3-,4+,5+/m1/s1. The van der Waals surface area contributed by atoms with Gasteiger partial charge in [-0.05, 0) is 0 Å². The zero-order chi connectivity index (χ0) is 9.72. The summed E-state index contributed by atoms with van der Waals surface area (Å²) in [5, 5.41) is 42.9. The summed E-state index contributed by atoms with van der Waals surface area (Å²) < 4.78 is 0. The van der Waals surface area contributed by atoms with Gasteiger partial charge in [-0.2, -0.15) is 0 Å². The number of Topliss-reactive ketones (excluding diaryl/α,β-unsaturated/α-hetero) is 1. The Hall–Kier alpha value is -0.530. The maximum atomic E-state index is 10.7. The Morgan fingerprint density at radius 3 is 1.92 bits per heavy atom. The number of carbonyl (C=O) groups excluding carboxylic acids is 1. The minimum Gasteiger partial charge on any atom is -0.394 e. The molecular formula is C6H12O6. The molecule has 0 aromatic carbocycles. The molecule has 0 aromatic heterocycles. The van der Waals surface area contributed by atoms with E-state index in [-0.39, 0.29) is 0 Å². The van der Waals surface area contributed by atoms with Gasteiger partial charge >= 0.3 is 0 Å². The van der Waals surface area contributed by atoms with Crippen molar-refractivity contribution >= 4 is 5.78 Å². The van der Waals surface area contributed by atoms with Crippen LogP contribution in [0.3, 0.4) is 0 Å². The number of carbonyl (C=O) groups is 1. The van der Waals surface area contributed by atoms with Crippen LogP contribution in [0, 0.1) is 0 Å². The predicted molar refractivity (Wildman–Crippen MR) is 37.2 cm³/mol. The van der Waals surface area contributed by atoms with Crippen LogP contribution in [0.25, 0.3) is 0 Å². The maximum Gasteiger partial charge on any atom is 0.194 e. The van der Waals surface area contributed by atoms with Gasteiger partial charge in [0.15, 0.2) is 5.78 Å². The summed E-state index contributed by atoms with van der Waals surface area (Å²) in [5.41, 5.74) is 0. The normalized spacial score (nSPS) is 18.4. The molecule has 3 atom stereocenters. The Kier molecular flexibility index (Phi) is 4.95. The molecule has 0 unspecified atom stereocenters. The molecule has 0 rings (SSSR count). The van der Waals surface area contributed by atoms with E-state index in [0.717, 1.165) is 0 Å². The molecule has 72 valence electrons. The predicted octanol–water partition coefficient (Wildman–Crippen LogP) is -3.38. The third-order valence-electron chi connectivity index (χ3n) is 1.34. The first-order valence-electron chi connectivity index (χ1n) is 3.34. The van der Waals surface area contributed by atoms with Crippen molar-refractivity contribution in [2.75, 3.05) is 13.2 Å². The van der Waals surface area contributed by atoms with Gasteiger partial charge in [-0.3, -0.25) is 4.79 Å². The first-order valence-corrected chi connectivity index (χ1v) is 3.34. The molecule has 6 heteroatoms. The highest BCUT2D eigenvalue weighted by atomic mass is 16.4. The second-order valence-corrected chi connectivity index (χ2v) is 2.30. The summed E-state index contributed by atoms with van der Waals surface area (Å²) in [7, 11) is 0. The Labute approximate surface area is 68.7 Å². The SMILES string of the molecule is O=C([C@@H](O)[C@H](O)CO)[C@@H](O)CO. The van der Waals surface area contributed by atoms with Crippen molar-refractivity contribution < 1.29 is 30.3 Å². The highest BCUT2D eigenvalue weighted by molar-refractivity contribution is 5.87. The molecule has 0 heterocycles. The maximum absolute atomic E-state index is 10.7. The number of ketones is 1. The van der Waals surface area contributed by atoms with Crippen LogP contribution < -0.4 is 0 Å². The molecule has 0 saturated carbocycles. The Balaban J connectivity index is 4.09. The zero-order valence-electron chi connectivity index (χ0n) is 6.29. The lowest BCUT2D eigenvalue weighted by atomic mass is 10.1. The fraction of sp³-hybridized carbons (Fsp3) is 0.833. The molecular weight excluding hydrogens is 168 g/mol. The zero-order valence-corrected chi connectivity index (χ0v) is 6.29. The number of hydrogen-bond donors (Lipinski definition) is 5. The molecule has 0 bridgehead atoms. The van der Waals surface area contributed by atoms with Crippen LogP contribution in [-0.2, 0) is 4.79 Å². The average molecular weight is 180 g/mol. The Morgan fingerprint density at radius 2 is 1.58 bits per heavy atom. The van der Waals surface area contributed by atoms with Gasteiger partial charge in [0, 0.05) is 0 Å². The van der Waals surface area contributed by atoms with Crippen LogP contribution in [0.5, 0.6) is 0 Å². The van der Waals surface area contributed by atoms with Crippen LogP contribution in [-0.4, -0.2) is 62.8 Å². The third kappa shape index (κ3) is 2.84. The second-order valence-electron chi connectivity index (χ2n) is 2.30. The number of aliphatic hydroxyl groups is 5. The highest BCUT2D eigenvalue weighted by Crippen LogP contribution is 1.98. The number of hydrogen-bond acceptors (Lipinski definition) is 6. The van der Waals surface area contributed by atoms with Crippen molar-refractivity contribution in [2.45, 2.75) is 18.3 Å². The van der Waals surface area contributed by atoms with E-state index in [4.69, 9.17) is 25.5 Å². The lowest BCUT2D eigenvalue weighted by Crippen LogP contribution is -2.43. The highest BCUT2D eigenvalue weighted by Gasteiger charge is 2.28. The van der Waals surface area contributed by atoms with Gasteiger partial charge in [-0.1, -0.05) is 0 Å². The van der Waals surface area contributed by atoms with Crippen LogP contribution in [0.15, 0.2) is 0 Å². The molecule has 0 aliphatic heterocycles. The summed E-state index contributed by atoms with van der Waals surface area (Å²) in [6.45, 7) is -1.61. The smallest absolute Gasteiger partial charge is 0.194 e. The van der Waals surface area contributed by atoms with E-state index in [1.807, 2.05) is 0 Å².